The maximum absolute atomic E-state index is 11.6. The predicted molar refractivity (Wildman–Crippen MR) is 71.0 cm³/mol. The molecule has 1 fully saturated rings. The summed E-state index contributed by atoms with van der Waals surface area (Å²) >= 11 is 0. The van der Waals surface area contributed by atoms with Gasteiger partial charge in [0.1, 0.15) is 0 Å². The zero-order valence-electron chi connectivity index (χ0n) is 11.4. The minimum absolute atomic E-state index is 0.0935. The summed E-state index contributed by atoms with van der Waals surface area (Å²) in [6, 6.07) is 0.893. The average molecular weight is 241 g/mol. The third-order valence-corrected chi connectivity index (χ3v) is 3.33. The van der Waals surface area contributed by atoms with Crippen LogP contribution in [0.5, 0.6) is 0 Å². The Labute approximate surface area is 105 Å². The maximum atomic E-state index is 11.6. The molecule has 1 aliphatic heterocycles. The fourth-order valence-electron chi connectivity index (χ4n) is 2.45. The summed E-state index contributed by atoms with van der Waals surface area (Å²) in [6.45, 7) is 7.87. The molecule has 0 aliphatic carbocycles. The number of amides is 1. The molecular weight excluding hydrogens is 214 g/mol. The van der Waals surface area contributed by atoms with Crippen molar-refractivity contribution in [2.45, 2.75) is 64.6 Å². The van der Waals surface area contributed by atoms with Crippen LogP contribution in [0.15, 0.2) is 0 Å². The summed E-state index contributed by atoms with van der Waals surface area (Å²) < 4.78 is 0. The molecule has 3 atom stereocenters. The molecule has 0 radical (unpaired) electrons. The van der Waals surface area contributed by atoms with Gasteiger partial charge in [0.05, 0.1) is 6.04 Å². The van der Waals surface area contributed by atoms with Gasteiger partial charge in [-0.05, 0) is 46.6 Å². The van der Waals surface area contributed by atoms with Crippen molar-refractivity contribution in [2.24, 2.45) is 0 Å². The lowest BCUT2D eigenvalue weighted by Crippen LogP contribution is -2.48. The summed E-state index contributed by atoms with van der Waals surface area (Å²) in [5.41, 5.74) is 0. The minimum Gasteiger partial charge on any atom is -0.355 e. The lowest BCUT2D eigenvalue weighted by Gasteiger charge is -2.28. The average Bonchev–Trinajstić information content (AvgIpc) is 2.30. The van der Waals surface area contributed by atoms with Crippen molar-refractivity contribution in [3.8, 4) is 0 Å². The van der Waals surface area contributed by atoms with Crippen LogP contribution in [-0.4, -0.2) is 37.1 Å². The molecule has 1 aliphatic rings. The van der Waals surface area contributed by atoms with Crippen molar-refractivity contribution in [3.05, 3.63) is 0 Å². The van der Waals surface area contributed by atoms with E-state index in [1.54, 1.807) is 0 Å². The van der Waals surface area contributed by atoms with Crippen molar-refractivity contribution in [1.82, 2.24) is 16.0 Å². The highest BCUT2D eigenvalue weighted by atomic mass is 16.2. The van der Waals surface area contributed by atoms with E-state index in [2.05, 4.69) is 22.9 Å². The first kappa shape index (κ1) is 14.5. The normalized spacial score (nSPS) is 24.1. The molecule has 0 aromatic heterocycles. The highest BCUT2D eigenvalue weighted by Gasteiger charge is 2.19. The first-order valence-electron chi connectivity index (χ1n) is 6.90. The summed E-state index contributed by atoms with van der Waals surface area (Å²) in [6.07, 6.45) is 5.00. The van der Waals surface area contributed by atoms with Gasteiger partial charge >= 0.3 is 0 Å². The fraction of sp³-hybridized carbons (Fsp3) is 0.923. The maximum Gasteiger partial charge on any atom is 0.236 e. The third-order valence-electron chi connectivity index (χ3n) is 3.33. The van der Waals surface area contributed by atoms with E-state index in [4.69, 9.17) is 0 Å². The molecule has 4 heteroatoms. The first-order chi connectivity index (χ1) is 8.13. The number of hydrogen-bond acceptors (Lipinski definition) is 3. The Hall–Kier alpha value is -0.610. The van der Waals surface area contributed by atoms with Gasteiger partial charge in [0.25, 0.3) is 0 Å². The Morgan fingerprint density at radius 2 is 2.18 bits per heavy atom. The Kier molecular flexibility index (Phi) is 6.52. The van der Waals surface area contributed by atoms with Crippen LogP contribution in [0.1, 0.15) is 46.5 Å². The van der Waals surface area contributed by atoms with Crippen molar-refractivity contribution in [3.63, 3.8) is 0 Å². The van der Waals surface area contributed by atoms with Crippen molar-refractivity contribution in [1.29, 1.82) is 0 Å². The quantitative estimate of drug-likeness (QED) is 0.651. The SMILES string of the molecule is CCNC(=O)C(C)NC(C)CC1CCCCN1. The number of likely N-dealkylation sites (N-methyl/N-ethyl adjacent to an activating group) is 1. The fourth-order valence-corrected chi connectivity index (χ4v) is 2.45. The van der Waals surface area contributed by atoms with Crippen LogP contribution >= 0.6 is 0 Å². The number of hydrogen-bond donors (Lipinski definition) is 3. The third kappa shape index (κ3) is 5.50. The van der Waals surface area contributed by atoms with Crippen molar-refractivity contribution >= 4 is 5.91 Å². The first-order valence-corrected chi connectivity index (χ1v) is 6.90. The van der Waals surface area contributed by atoms with Crippen LogP contribution in [0.2, 0.25) is 0 Å². The number of nitrogens with one attached hydrogen (secondary N) is 3. The van der Waals surface area contributed by atoms with Gasteiger partial charge in [-0.15, -0.1) is 0 Å². The molecule has 17 heavy (non-hydrogen) atoms. The van der Waals surface area contributed by atoms with E-state index < -0.39 is 0 Å². The Morgan fingerprint density at radius 3 is 2.76 bits per heavy atom. The van der Waals surface area contributed by atoms with Crippen molar-refractivity contribution < 1.29 is 4.79 Å². The van der Waals surface area contributed by atoms with Gasteiger partial charge in [-0.2, -0.15) is 0 Å². The molecule has 1 heterocycles. The van der Waals surface area contributed by atoms with Gasteiger partial charge in [0, 0.05) is 18.6 Å². The van der Waals surface area contributed by atoms with Crippen LogP contribution in [-0.2, 0) is 4.79 Å². The van der Waals surface area contributed by atoms with E-state index in [0.29, 0.717) is 18.6 Å². The molecular formula is C13H27N3O. The Balaban J connectivity index is 2.22. The monoisotopic (exact) mass is 241 g/mol. The molecule has 0 saturated carbocycles. The number of carbonyl (C=O) groups excluding carboxylic acids is 1. The van der Waals surface area contributed by atoms with Gasteiger partial charge in [0.15, 0.2) is 0 Å². The largest absolute Gasteiger partial charge is 0.355 e. The molecule has 0 bridgehead atoms. The minimum atomic E-state index is -0.103. The van der Waals surface area contributed by atoms with Gasteiger partial charge in [-0.25, -0.2) is 0 Å². The zero-order chi connectivity index (χ0) is 12.7. The van der Waals surface area contributed by atoms with E-state index >= 15 is 0 Å². The summed E-state index contributed by atoms with van der Waals surface area (Å²) in [4.78, 5) is 11.6. The lowest BCUT2D eigenvalue weighted by atomic mass is 9.98. The highest BCUT2D eigenvalue weighted by Crippen LogP contribution is 2.12. The van der Waals surface area contributed by atoms with Gasteiger partial charge in [-0.3, -0.25) is 4.79 Å². The van der Waals surface area contributed by atoms with E-state index in [1.165, 1.54) is 19.3 Å². The summed E-state index contributed by atoms with van der Waals surface area (Å²) in [5.74, 6) is 0.0935. The standard InChI is InChI=1S/C13H27N3O/c1-4-14-13(17)11(3)16-10(2)9-12-7-5-6-8-15-12/h10-12,15-16H,4-9H2,1-3H3,(H,14,17). The zero-order valence-corrected chi connectivity index (χ0v) is 11.4. The molecule has 1 saturated heterocycles. The van der Waals surface area contributed by atoms with Gasteiger partial charge < -0.3 is 16.0 Å². The van der Waals surface area contributed by atoms with Gasteiger partial charge in [-0.1, -0.05) is 6.42 Å². The predicted octanol–water partition coefficient (Wildman–Crippen LogP) is 1.02. The molecule has 3 N–H and O–H groups in total. The molecule has 0 spiro atoms. The molecule has 1 amide bonds. The summed E-state index contributed by atoms with van der Waals surface area (Å²) in [5, 5.41) is 9.73. The second kappa shape index (κ2) is 7.67. The molecule has 4 nitrogen and oxygen atoms in total. The second-order valence-corrected chi connectivity index (χ2v) is 5.07. The van der Waals surface area contributed by atoms with E-state index in [-0.39, 0.29) is 11.9 Å². The molecule has 0 aromatic carbocycles. The lowest BCUT2D eigenvalue weighted by molar-refractivity contribution is -0.122. The molecule has 3 unspecified atom stereocenters. The van der Waals surface area contributed by atoms with Crippen LogP contribution in [0, 0.1) is 0 Å². The molecule has 1 rings (SSSR count). The summed E-state index contributed by atoms with van der Waals surface area (Å²) in [7, 11) is 0. The van der Waals surface area contributed by atoms with Crippen LogP contribution in [0.25, 0.3) is 0 Å². The Bertz CT molecular complexity index is 227. The Morgan fingerprint density at radius 1 is 1.41 bits per heavy atom. The number of rotatable bonds is 6. The van der Waals surface area contributed by atoms with Crippen LogP contribution in [0.4, 0.5) is 0 Å². The molecule has 0 aromatic rings. The highest BCUT2D eigenvalue weighted by molar-refractivity contribution is 5.81. The number of piperidine rings is 1. The van der Waals surface area contributed by atoms with Crippen molar-refractivity contribution in [2.75, 3.05) is 13.1 Å². The topological polar surface area (TPSA) is 53.2 Å². The number of carbonyl (C=O) groups is 1. The molecule has 100 valence electrons. The van der Waals surface area contributed by atoms with E-state index in [0.717, 1.165) is 13.0 Å². The smallest absolute Gasteiger partial charge is 0.236 e. The van der Waals surface area contributed by atoms with E-state index in [1.807, 2.05) is 13.8 Å². The van der Waals surface area contributed by atoms with E-state index in [9.17, 15) is 4.79 Å². The van der Waals surface area contributed by atoms with Crippen LogP contribution in [0.3, 0.4) is 0 Å². The van der Waals surface area contributed by atoms with Crippen LogP contribution < -0.4 is 16.0 Å². The second-order valence-electron chi connectivity index (χ2n) is 5.07. The van der Waals surface area contributed by atoms with Gasteiger partial charge in [0.2, 0.25) is 5.91 Å².